The smallest absolute Gasteiger partial charge is 0.270 e. The number of phenols is 1. The van der Waals surface area contributed by atoms with E-state index in [0.717, 1.165) is 0 Å². The molecule has 0 atom stereocenters. The monoisotopic (exact) mass is 479 g/mol. The molecule has 0 spiro atoms. The molecule has 0 saturated heterocycles. The molecule has 2 N–H and O–H groups in total. The maximum absolute atomic E-state index is 12.2. The van der Waals surface area contributed by atoms with Crippen molar-refractivity contribution in [3.05, 3.63) is 86.9 Å². The molecule has 4 rings (SSSR count). The van der Waals surface area contributed by atoms with E-state index in [4.69, 9.17) is 4.42 Å². The summed E-state index contributed by atoms with van der Waals surface area (Å²) in [5.41, 5.74) is 2.81. The number of non-ortho nitro benzene ring substituents is 1. The molecule has 31 heavy (non-hydrogen) atoms. The van der Waals surface area contributed by atoms with Crippen LogP contribution in [-0.4, -0.2) is 20.9 Å². The zero-order valence-electron chi connectivity index (χ0n) is 15.8. The lowest BCUT2D eigenvalue weighted by Gasteiger charge is -2.01. The number of nitro benzene ring substituents is 1. The van der Waals surface area contributed by atoms with Crippen LogP contribution in [0.15, 0.2) is 75.6 Å². The molecule has 9 heteroatoms. The van der Waals surface area contributed by atoms with E-state index in [1.807, 2.05) is 0 Å². The summed E-state index contributed by atoms with van der Waals surface area (Å²) in [5, 5.41) is 23.2. The Kier molecular flexibility index (Phi) is 5.50. The van der Waals surface area contributed by atoms with Crippen molar-refractivity contribution in [3.63, 3.8) is 0 Å². The Morgan fingerprint density at radius 2 is 2.00 bits per heavy atom. The Bertz CT molecular complexity index is 1350. The Morgan fingerprint density at radius 3 is 2.77 bits per heavy atom. The SMILES string of the molecule is O=C(/C=C/c1cccc([N+](=O)[O-])c1)Nc1ccc2oc(-c3ccc(O)c(Br)c3)nc2c1. The Labute approximate surface area is 184 Å². The van der Waals surface area contributed by atoms with Crippen LogP contribution in [0.5, 0.6) is 5.75 Å². The van der Waals surface area contributed by atoms with E-state index >= 15 is 0 Å². The molecule has 0 aliphatic heterocycles. The van der Waals surface area contributed by atoms with E-state index in [0.29, 0.717) is 38.3 Å². The minimum absolute atomic E-state index is 0.0458. The van der Waals surface area contributed by atoms with Gasteiger partial charge >= 0.3 is 0 Å². The number of hydrogen-bond donors (Lipinski definition) is 2. The number of aromatic hydroxyl groups is 1. The van der Waals surface area contributed by atoms with Crippen molar-refractivity contribution in [1.82, 2.24) is 4.98 Å². The van der Waals surface area contributed by atoms with Crippen LogP contribution in [0.25, 0.3) is 28.6 Å². The predicted octanol–water partition coefficient (Wildman–Crippen LogP) is 5.52. The average molecular weight is 480 g/mol. The molecular formula is C22H14BrN3O5. The number of nitrogens with one attached hydrogen (secondary N) is 1. The normalized spacial score (nSPS) is 11.1. The number of benzene rings is 3. The highest BCUT2D eigenvalue weighted by molar-refractivity contribution is 9.10. The maximum atomic E-state index is 12.2. The Balaban J connectivity index is 1.51. The fraction of sp³-hybridized carbons (Fsp3) is 0. The molecule has 1 aromatic heterocycles. The molecule has 0 fully saturated rings. The fourth-order valence-electron chi connectivity index (χ4n) is 2.87. The number of phenolic OH excluding ortho intramolecular Hbond substituents is 1. The number of rotatable bonds is 5. The minimum Gasteiger partial charge on any atom is -0.507 e. The summed E-state index contributed by atoms with van der Waals surface area (Å²) in [6.45, 7) is 0. The summed E-state index contributed by atoms with van der Waals surface area (Å²) >= 11 is 3.26. The molecule has 0 aliphatic carbocycles. The Morgan fingerprint density at radius 1 is 1.16 bits per heavy atom. The van der Waals surface area contributed by atoms with Crippen LogP contribution in [0.4, 0.5) is 11.4 Å². The largest absolute Gasteiger partial charge is 0.507 e. The van der Waals surface area contributed by atoms with Gasteiger partial charge in [-0.2, -0.15) is 0 Å². The third kappa shape index (κ3) is 4.62. The van der Waals surface area contributed by atoms with Gasteiger partial charge in [0, 0.05) is 29.5 Å². The number of anilines is 1. The van der Waals surface area contributed by atoms with Crippen LogP contribution >= 0.6 is 15.9 Å². The molecule has 0 saturated carbocycles. The van der Waals surface area contributed by atoms with Crippen molar-refractivity contribution in [2.24, 2.45) is 0 Å². The summed E-state index contributed by atoms with van der Waals surface area (Å²) < 4.78 is 6.27. The van der Waals surface area contributed by atoms with Gasteiger partial charge in [0.2, 0.25) is 11.8 Å². The van der Waals surface area contributed by atoms with Crippen molar-refractivity contribution in [2.45, 2.75) is 0 Å². The molecule has 154 valence electrons. The molecule has 8 nitrogen and oxygen atoms in total. The van der Waals surface area contributed by atoms with Gasteiger partial charge < -0.3 is 14.8 Å². The molecule has 1 heterocycles. The summed E-state index contributed by atoms with van der Waals surface area (Å²) in [4.78, 5) is 27.0. The lowest BCUT2D eigenvalue weighted by molar-refractivity contribution is -0.384. The van der Waals surface area contributed by atoms with E-state index in [9.17, 15) is 20.0 Å². The van der Waals surface area contributed by atoms with Gasteiger partial charge in [-0.25, -0.2) is 4.98 Å². The molecule has 4 aromatic rings. The molecule has 0 radical (unpaired) electrons. The maximum Gasteiger partial charge on any atom is 0.270 e. The van der Waals surface area contributed by atoms with Crippen molar-refractivity contribution < 1.29 is 19.2 Å². The number of hydrogen-bond acceptors (Lipinski definition) is 6. The number of amides is 1. The van der Waals surface area contributed by atoms with Gasteiger partial charge in [-0.1, -0.05) is 12.1 Å². The van der Waals surface area contributed by atoms with E-state index in [-0.39, 0.29) is 11.4 Å². The second kappa shape index (κ2) is 8.41. The number of aromatic nitrogens is 1. The highest BCUT2D eigenvalue weighted by Crippen LogP contribution is 2.31. The first-order chi connectivity index (χ1) is 14.9. The standard InChI is InChI=1S/C22H14BrN3O5/c23-17-11-14(5-7-19(17)27)22-25-18-12-15(6-8-20(18)31-22)24-21(28)9-4-13-2-1-3-16(10-13)26(29)30/h1-12,27H,(H,24,28)/b9-4+. The van der Waals surface area contributed by atoms with Crippen molar-refractivity contribution >= 4 is 50.4 Å². The summed E-state index contributed by atoms with van der Waals surface area (Å²) in [7, 11) is 0. The topological polar surface area (TPSA) is 118 Å². The van der Waals surface area contributed by atoms with Crippen molar-refractivity contribution in [1.29, 1.82) is 0 Å². The number of carbonyl (C=O) groups excluding carboxylic acids is 1. The van der Waals surface area contributed by atoms with Crippen LogP contribution in [0.1, 0.15) is 5.56 Å². The highest BCUT2D eigenvalue weighted by Gasteiger charge is 2.11. The zero-order chi connectivity index (χ0) is 22.0. The number of nitrogens with zero attached hydrogens (tertiary/aromatic N) is 2. The molecule has 1 amide bonds. The van der Waals surface area contributed by atoms with E-state index in [1.165, 1.54) is 30.4 Å². The number of carbonyl (C=O) groups is 1. The molecule has 0 aliphatic rings. The van der Waals surface area contributed by atoms with Crippen LogP contribution in [0.2, 0.25) is 0 Å². The van der Waals surface area contributed by atoms with Gasteiger partial charge in [0.15, 0.2) is 5.58 Å². The third-order valence-corrected chi connectivity index (χ3v) is 4.99. The summed E-state index contributed by atoms with van der Waals surface area (Å²) in [5.74, 6) is 0.102. The van der Waals surface area contributed by atoms with E-state index in [1.54, 1.807) is 42.5 Å². The highest BCUT2D eigenvalue weighted by atomic mass is 79.9. The lowest BCUT2D eigenvalue weighted by Crippen LogP contribution is -2.07. The van der Waals surface area contributed by atoms with Gasteiger partial charge in [-0.15, -0.1) is 0 Å². The summed E-state index contributed by atoms with van der Waals surface area (Å²) in [6, 6.07) is 16.0. The van der Waals surface area contributed by atoms with Gasteiger partial charge in [0.05, 0.1) is 9.40 Å². The molecule has 3 aromatic carbocycles. The van der Waals surface area contributed by atoms with E-state index < -0.39 is 10.8 Å². The fourth-order valence-corrected chi connectivity index (χ4v) is 3.25. The second-order valence-corrected chi connectivity index (χ2v) is 7.40. The average Bonchev–Trinajstić information content (AvgIpc) is 3.18. The predicted molar refractivity (Wildman–Crippen MR) is 120 cm³/mol. The number of nitro groups is 1. The zero-order valence-corrected chi connectivity index (χ0v) is 17.4. The first-order valence-electron chi connectivity index (χ1n) is 9.02. The number of halogens is 1. The van der Waals surface area contributed by atoms with Gasteiger partial charge in [0.25, 0.3) is 5.69 Å². The molecular weight excluding hydrogens is 466 g/mol. The quantitative estimate of drug-likeness (QED) is 0.221. The number of fused-ring (bicyclic) bond motifs is 1. The van der Waals surface area contributed by atoms with Crippen LogP contribution in [-0.2, 0) is 4.79 Å². The lowest BCUT2D eigenvalue weighted by atomic mass is 10.2. The van der Waals surface area contributed by atoms with Crippen LogP contribution in [0.3, 0.4) is 0 Å². The third-order valence-electron chi connectivity index (χ3n) is 4.36. The molecule has 0 bridgehead atoms. The summed E-state index contributed by atoms with van der Waals surface area (Å²) in [6.07, 6.45) is 2.79. The molecule has 0 unspecified atom stereocenters. The number of oxazole rings is 1. The van der Waals surface area contributed by atoms with Gasteiger partial charge in [-0.3, -0.25) is 14.9 Å². The van der Waals surface area contributed by atoms with E-state index in [2.05, 4.69) is 26.2 Å². The minimum atomic E-state index is -0.490. The van der Waals surface area contributed by atoms with Crippen molar-refractivity contribution in [3.8, 4) is 17.2 Å². The van der Waals surface area contributed by atoms with Gasteiger partial charge in [-0.05, 0) is 64.0 Å². The van der Waals surface area contributed by atoms with Crippen LogP contribution in [0, 0.1) is 10.1 Å². The van der Waals surface area contributed by atoms with Gasteiger partial charge in [0.1, 0.15) is 11.3 Å². The Hall–Kier alpha value is -3.98. The first kappa shape index (κ1) is 20.3. The van der Waals surface area contributed by atoms with Crippen molar-refractivity contribution in [2.75, 3.05) is 5.32 Å². The first-order valence-corrected chi connectivity index (χ1v) is 9.81. The second-order valence-electron chi connectivity index (χ2n) is 6.54. The van der Waals surface area contributed by atoms with Crippen LogP contribution < -0.4 is 5.32 Å².